The molecular formula is C10H14ClN3OS. The number of aromatic nitrogens is 2. The zero-order valence-electron chi connectivity index (χ0n) is 8.86. The van der Waals surface area contributed by atoms with Crippen molar-refractivity contribution in [3.63, 3.8) is 0 Å². The van der Waals surface area contributed by atoms with Crippen molar-refractivity contribution in [3.8, 4) is 0 Å². The summed E-state index contributed by atoms with van der Waals surface area (Å²) in [6, 6.07) is 3.31. The second-order valence-electron chi connectivity index (χ2n) is 3.92. The molecule has 0 spiro atoms. The van der Waals surface area contributed by atoms with E-state index in [1.807, 2.05) is 0 Å². The molecule has 0 bridgehead atoms. The van der Waals surface area contributed by atoms with Gasteiger partial charge in [0, 0.05) is 5.75 Å². The van der Waals surface area contributed by atoms with Gasteiger partial charge in [-0.3, -0.25) is 4.21 Å². The van der Waals surface area contributed by atoms with Crippen LogP contribution in [0.5, 0.6) is 0 Å². The predicted octanol–water partition coefficient (Wildman–Crippen LogP) is 1.24. The lowest BCUT2D eigenvalue weighted by Crippen LogP contribution is -2.32. The van der Waals surface area contributed by atoms with E-state index in [0.717, 1.165) is 25.9 Å². The van der Waals surface area contributed by atoms with Crippen LogP contribution in [0.4, 0.5) is 0 Å². The third-order valence-corrected chi connectivity index (χ3v) is 4.29. The molecule has 2 atom stereocenters. The zero-order chi connectivity index (χ0) is 11.4. The first-order valence-electron chi connectivity index (χ1n) is 5.34. The van der Waals surface area contributed by atoms with E-state index in [-0.39, 0.29) is 0 Å². The quantitative estimate of drug-likeness (QED) is 0.887. The van der Waals surface area contributed by atoms with Crippen molar-refractivity contribution in [2.75, 3.05) is 18.8 Å². The SMILES string of the molecule is O=[S@@](C[C@H]1CCCNC1)c1ccc(Cl)nn1. The smallest absolute Gasteiger partial charge is 0.151 e. The largest absolute Gasteiger partial charge is 0.316 e. The number of rotatable bonds is 3. The van der Waals surface area contributed by atoms with Crippen molar-refractivity contribution in [2.45, 2.75) is 17.9 Å². The molecule has 1 N–H and O–H groups in total. The molecule has 0 amide bonds. The Bertz CT molecular complexity index is 365. The fraction of sp³-hybridized carbons (Fsp3) is 0.600. The highest BCUT2D eigenvalue weighted by Crippen LogP contribution is 2.14. The Morgan fingerprint density at radius 3 is 3.00 bits per heavy atom. The van der Waals surface area contributed by atoms with Gasteiger partial charge in [0.15, 0.2) is 5.15 Å². The fourth-order valence-electron chi connectivity index (χ4n) is 1.79. The van der Waals surface area contributed by atoms with Crippen LogP contribution in [0.3, 0.4) is 0 Å². The fourth-order valence-corrected chi connectivity index (χ4v) is 3.13. The van der Waals surface area contributed by atoms with Gasteiger partial charge >= 0.3 is 0 Å². The summed E-state index contributed by atoms with van der Waals surface area (Å²) in [4.78, 5) is 0. The molecule has 6 heteroatoms. The lowest BCUT2D eigenvalue weighted by atomic mass is 10.0. The van der Waals surface area contributed by atoms with E-state index >= 15 is 0 Å². The number of halogens is 1. The zero-order valence-corrected chi connectivity index (χ0v) is 10.4. The van der Waals surface area contributed by atoms with Crippen LogP contribution in [0.2, 0.25) is 5.15 Å². The van der Waals surface area contributed by atoms with Crippen molar-refractivity contribution >= 4 is 22.4 Å². The first-order chi connectivity index (χ1) is 7.75. The van der Waals surface area contributed by atoms with Crippen molar-refractivity contribution in [3.05, 3.63) is 17.3 Å². The molecule has 1 saturated heterocycles. The third kappa shape index (κ3) is 3.23. The minimum absolute atomic E-state index is 0.333. The maximum absolute atomic E-state index is 12.0. The van der Waals surface area contributed by atoms with Crippen molar-refractivity contribution in [1.82, 2.24) is 15.5 Å². The van der Waals surface area contributed by atoms with Crippen molar-refractivity contribution < 1.29 is 4.21 Å². The summed E-state index contributed by atoms with van der Waals surface area (Å²) < 4.78 is 12.0. The highest BCUT2D eigenvalue weighted by atomic mass is 35.5. The molecule has 4 nitrogen and oxygen atoms in total. The first kappa shape index (κ1) is 12.0. The Morgan fingerprint density at radius 1 is 1.50 bits per heavy atom. The average molecular weight is 260 g/mol. The average Bonchev–Trinajstić information content (AvgIpc) is 2.31. The second kappa shape index (κ2) is 5.70. The summed E-state index contributed by atoms with van der Waals surface area (Å²) in [5.41, 5.74) is 0. The van der Waals surface area contributed by atoms with Crippen LogP contribution in [-0.4, -0.2) is 33.2 Å². The normalized spacial score (nSPS) is 22.9. The number of nitrogens with one attached hydrogen (secondary N) is 1. The number of hydrogen-bond acceptors (Lipinski definition) is 4. The van der Waals surface area contributed by atoms with Crippen LogP contribution in [0.25, 0.3) is 0 Å². The highest BCUT2D eigenvalue weighted by Gasteiger charge is 2.17. The van der Waals surface area contributed by atoms with E-state index < -0.39 is 10.8 Å². The maximum atomic E-state index is 12.0. The molecule has 0 saturated carbocycles. The van der Waals surface area contributed by atoms with Crippen LogP contribution in [0.15, 0.2) is 17.2 Å². The van der Waals surface area contributed by atoms with Gasteiger partial charge in [0.1, 0.15) is 5.03 Å². The van der Waals surface area contributed by atoms with Gasteiger partial charge in [-0.2, -0.15) is 0 Å². The standard InChI is InChI=1S/C10H14ClN3OS/c11-9-3-4-10(14-13-9)16(15)7-8-2-1-5-12-6-8/h3-4,8,12H,1-2,5-7H2/t8-,16-/m0/s1. The molecule has 0 unspecified atom stereocenters. The molecule has 2 heterocycles. The molecular weight excluding hydrogens is 246 g/mol. The summed E-state index contributed by atoms with van der Waals surface area (Å²) in [5.74, 6) is 1.13. The van der Waals surface area contributed by atoms with E-state index in [0.29, 0.717) is 21.8 Å². The van der Waals surface area contributed by atoms with Gasteiger partial charge in [0.05, 0.1) is 10.8 Å². The molecule has 2 rings (SSSR count). The molecule has 1 aromatic heterocycles. The predicted molar refractivity (Wildman–Crippen MR) is 63.9 cm³/mol. The van der Waals surface area contributed by atoms with Gasteiger partial charge in [-0.05, 0) is 44.0 Å². The third-order valence-electron chi connectivity index (χ3n) is 2.63. The van der Waals surface area contributed by atoms with E-state index in [9.17, 15) is 4.21 Å². The number of piperidine rings is 1. The number of nitrogens with zero attached hydrogens (tertiary/aromatic N) is 2. The summed E-state index contributed by atoms with van der Waals surface area (Å²) in [5, 5.41) is 11.7. The molecule has 1 aromatic rings. The molecule has 88 valence electrons. The molecule has 1 fully saturated rings. The summed E-state index contributed by atoms with van der Waals surface area (Å²) in [6.45, 7) is 2.02. The van der Waals surface area contributed by atoms with Crippen molar-refractivity contribution in [2.24, 2.45) is 5.92 Å². The van der Waals surface area contributed by atoms with Crippen LogP contribution in [-0.2, 0) is 10.8 Å². The number of hydrogen-bond donors (Lipinski definition) is 1. The highest BCUT2D eigenvalue weighted by molar-refractivity contribution is 7.84. The molecule has 0 aliphatic carbocycles. The molecule has 16 heavy (non-hydrogen) atoms. The van der Waals surface area contributed by atoms with E-state index in [1.165, 1.54) is 0 Å². The molecule has 0 aromatic carbocycles. The molecule has 1 aliphatic heterocycles. The monoisotopic (exact) mass is 259 g/mol. The Balaban J connectivity index is 1.94. The van der Waals surface area contributed by atoms with Crippen LogP contribution >= 0.6 is 11.6 Å². The lowest BCUT2D eigenvalue weighted by Gasteiger charge is -2.21. The van der Waals surface area contributed by atoms with Gasteiger partial charge in [-0.15, -0.1) is 10.2 Å². The van der Waals surface area contributed by atoms with Gasteiger partial charge < -0.3 is 5.32 Å². The molecule has 1 aliphatic rings. The molecule has 0 radical (unpaired) electrons. The van der Waals surface area contributed by atoms with Gasteiger partial charge in [0.25, 0.3) is 0 Å². The second-order valence-corrected chi connectivity index (χ2v) is 5.75. The Morgan fingerprint density at radius 2 is 2.38 bits per heavy atom. The summed E-state index contributed by atoms with van der Waals surface area (Å²) >= 11 is 5.63. The topological polar surface area (TPSA) is 54.9 Å². The summed E-state index contributed by atoms with van der Waals surface area (Å²) in [6.07, 6.45) is 2.30. The van der Waals surface area contributed by atoms with Crippen LogP contribution in [0, 0.1) is 5.92 Å². The van der Waals surface area contributed by atoms with E-state index in [1.54, 1.807) is 12.1 Å². The Hall–Kier alpha value is -0.520. The van der Waals surface area contributed by atoms with Gasteiger partial charge in [0.2, 0.25) is 0 Å². The van der Waals surface area contributed by atoms with Gasteiger partial charge in [-0.1, -0.05) is 11.6 Å². The van der Waals surface area contributed by atoms with Gasteiger partial charge in [-0.25, -0.2) is 0 Å². The lowest BCUT2D eigenvalue weighted by molar-refractivity contribution is 0.407. The van der Waals surface area contributed by atoms with Crippen molar-refractivity contribution in [1.29, 1.82) is 0 Å². The Labute approximate surface area is 102 Å². The minimum Gasteiger partial charge on any atom is -0.316 e. The van der Waals surface area contributed by atoms with Crippen LogP contribution < -0.4 is 5.32 Å². The van der Waals surface area contributed by atoms with E-state index in [2.05, 4.69) is 15.5 Å². The first-order valence-corrected chi connectivity index (χ1v) is 7.04. The van der Waals surface area contributed by atoms with E-state index in [4.69, 9.17) is 11.6 Å². The maximum Gasteiger partial charge on any atom is 0.151 e. The summed E-state index contributed by atoms with van der Waals surface area (Å²) in [7, 11) is -1.06. The minimum atomic E-state index is -1.06. The van der Waals surface area contributed by atoms with Crippen LogP contribution in [0.1, 0.15) is 12.8 Å². The Kier molecular flexibility index (Phi) is 4.26.